The zero-order chi connectivity index (χ0) is 18.9. The Morgan fingerprint density at radius 3 is 2.12 bits per heavy atom. The number of nitrogens with one attached hydrogen (secondary N) is 2. The standard InChI is InChI=1S/C18H20N2O5S/c1-24-14-9-7-13(8-10-14)19-17(21)11-26(23)12-18(22)20-15-5-3-4-6-16(15)25-2/h3-10H,11-12H2,1-2H3,(H,19,21)(H,20,22)/t26-/m1/s1. The minimum atomic E-state index is -1.63. The summed E-state index contributed by atoms with van der Waals surface area (Å²) >= 11 is 0. The number of carbonyl (C=O) groups is 2. The van der Waals surface area contributed by atoms with Gasteiger partial charge in [0.05, 0.1) is 19.9 Å². The minimum Gasteiger partial charge on any atom is -0.497 e. The number of hydrogen-bond acceptors (Lipinski definition) is 5. The van der Waals surface area contributed by atoms with Gasteiger partial charge in [0, 0.05) is 16.5 Å². The largest absolute Gasteiger partial charge is 0.497 e. The van der Waals surface area contributed by atoms with Gasteiger partial charge >= 0.3 is 0 Å². The van der Waals surface area contributed by atoms with Crippen LogP contribution >= 0.6 is 0 Å². The highest BCUT2D eigenvalue weighted by atomic mass is 32.2. The van der Waals surface area contributed by atoms with Gasteiger partial charge in [0.1, 0.15) is 23.0 Å². The van der Waals surface area contributed by atoms with E-state index in [1.807, 2.05) is 0 Å². The summed E-state index contributed by atoms with van der Waals surface area (Å²) in [6.07, 6.45) is 0. The topological polar surface area (TPSA) is 93.7 Å². The number of amides is 2. The Morgan fingerprint density at radius 2 is 1.50 bits per heavy atom. The Balaban J connectivity index is 1.83. The van der Waals surface area contributed by atoms with E-state index >= 15 is 0 Å². The molecule has 138 valence electrons. The van der Waals surface area contributed by atoms with Crippen molar-refractivity contribution in [2.75, 3.05) is 36.4 Å². The van der Waals surface area contributed by atoms with Gasteiger partial charge in [0.15, 0.2) is 0 Å². The first-order valence-electron chi connectivity index (χ1n) is 7.73. The van der Waals surface area contributed by atoms with Crippen molar-refractivity contribution < 1.29 is 23.3 Å². The number of methoxy groups -OCH3 is 2. The number of rotatable bonds is 8. The number of carbonyl (C=O) groups excluding carboxylic acids is 2. The number of anilines is 2. The monoisotopic (exact) mass is 376 g/mol. The second-order valence-electron chi connectivity index (χ2n) is 5.25. The fourth-order valence-electron chi connectivity index (χ4n) is 2.15. The number of ether oxygens (including phenoxy) is 2. The third-order valence-electron chi connectivity index (χ3n) is 3.34. The van der Waals surface area contributed by atoms with Crippen LogP contribution in [0, 0.1) is 0 Å². The van der Waals surface area contributed by atoms with Gasteiger partial charge in [-0.25, -0.2) is 0 Å². The van der Waals surface area contributed by atoms with Crippen molar-refractivity contribution in [3.05, 3.63) is 48.5 Å². The summed E-state index contributed by atoms with van der Waals surface area (Å²) < 4.78 is 22.2. The highest BCUT2D eigenvalue weighted by Gasteiger charge is 2.14. The van der Waals surface area contributed by atoms with E-state index in [9.17, 15) is 13.8 Å². The summed E-state index contributed by atoms with van der Waals surface area (Å²) in [6, 6.07) is 13.7. The Morgan fingerprint density at radius 1 is 0.885 bits per heavy atom. The first-order chi connectivity index (χ1) is 12.5. The zero-order valence-corrected chi connectivity index (χ0v) is 15.3. The van der Waals surface area contributed by atoms with Crippen molar-refractivity contribution in [2.45, 2.75) is 0 Å². The van der Waals surface area contributed by atoms with Crippen LogP contribution in [0.4, 0.5) is 11.4 Å². The molecule has 8 heteroatoms. The Kier molecular flexibility index (Phi) is 7.16. The third-order valence-corrected chi connectivity index (χ3v) is 4.51. The van der Waals surface area contributed by atoms with E-state index in [1.54, 1.807) is 55.6 Å². The molecule has 7 nitrogen and oxygen atoms in total. The smallest absolute Gasteiger partial charge is 0.237 e. The zero-order valence-electron chi connectivity index (χ0n) is 14.5. The van der Waals surface area contributed by atoms with Crippen molar-refractivity contribution in [1.82, 2.24) is 0 Å². The van der Waals surface area contributed by atoms with E-state index in [1.165, 1.54) is 7.11 Å². The van der Waals surface area contributed by atoms with E-state index in [0.29, 0.717) is 22.9 Å². The molecule has 0 aromatic heterocycles. The van der Waals surface area contributed by atoms with Crippen molar-refractivity contribution in [3.8, 4) is 11.5 Å². The summed E-state index contributed by atoms with van der Waals surface area (Å²) in [5.74, 6) is -0.272. The summed E-state index contributed by atoms with van der Waals surface area (Å²) in [7, 11) is 1.41. The molecule has 0 saturated heterocycles. The highest BCUT2D eigenvalue weighted by Crippen LogP contribution is 2.22. The van der Waals surface area contributed by atoms with Crippen molar-refractivity contribution in [3.63, 3.8) is 0 Å². The molecule has 0 saturated carbocycles. The fraction of sp³-hybridized carbons (Fsp3) is 0.222. The maximum absolute atomic E-state index is 12.0. The van der Waals surface area contributed by atoms with Gasteiger partial charge in [0.25, 0.3) is 0 Å². The summed E-state index contributed by atoms with van der Waals surface area (Å²) in [5, 5.41) is 5.25. The Labute approximate surface area is 154 Å². The van der Waals surface area contributed by atoms with Crippen LogP contribution < -0.4 is 20.1 Å². The van der Waals surface area contributed by atoms with Crippen molar-refractivity contribution in [2.24, 2.45) is 0 Å². The van der Waals surface area contributed by atoms with Crippen LogP contribution in [-0.4, -0.2) is 41.7 Å². The van der Waals surface area contributed by atoms with Gasteiger partial charge in [-0.1, -0.05) is 12.1 Å². The van der Waals surface area contributed by atoms with Crippen molar-refractivity contribution in [1.29, 1.82) is 0 Å². The molecule has 0 aliphatic carbocycles. The molecular formula is C18H20N2O5S. The number of benzene rings is 2. The molecule has 2 aromatic rings. The van der Waals surface area contributed by atoms with Crippen LogP contribution in [-0.2, 0) is 20.4 Å². The first-order valence-corrected chi connectivity index (χ1v) is 9.22. The number of para-hydroxylation sites is 2. The van der Waals surface area contributed by atoms with Gasteiger partial charge in [-0.2, -0.15) is 0 Å². The molecule has 1 atom stereocenters. The third kappa shape index (κ3) is 5.89. The predicted octanol–water partition coefficient (Wildman–Crippen LogP) is 2.03. The van der Waals surface area contributed by atoms with Gasteiger partial charge < -0.3 is 20.1 Å². The van der Waals surface area contributed by atoms with Crippen LogP contribution in [0.1, 0.15) is 0 Å². The lowest BCUT2D eigenvalue weighted by Crippen LogP contribution is -2.26. The molecule has 0 spiro atoms. The average Bonchev–Trinajstić information content (AvgIpc) is 2.62. The Hall–Kier alpha value is -2.87. The first kappa shape index (κ1) is 19.5. The lowest BCUT2D eigenvalue weighted by molar-refractivity contribution is -0.114. The maximum atomic E-state index is 12.0. The molecule has 2 aromatic carbocycles. The molecule has 2 rings (SSSR count). The Bertz CT molecular complexity index is 792. The van der Waals surface area contributed by atoms with Crippen LogP contribution in [0.3, 0.4) is 0 Å². The molecular weight excluding hydrogens is 356 g/mol. The van der Waals surface area contributed by atoms with E-state index in [4.69, 9.17) is 9.47 Å². The quantitative estimate of drug-likeness (QED) is 0.735. The van der Waals surface area contributed by atoms with E-state index in [0.717, 1.165) is 0 Å². The second-order valence-corrected chi connectivity index (χ2v) is 6.71. The summed E-state index contributed by atoms with van der Waals surface area (Å²) in [5.41, 5.74) is 1.05. The fourth-order valence-corrected chi connectivity index (χ4v) is 2.98. The van der Waals surface area contributed by atoms with Crippen molar-refractivity contribution >= 4 is 34.0 Å². The van der Waals surface area contributed by atoms with Gasteiger partial charge in [-0.05, 0) is 36.4 Å². The van der Waals surface area contributed by atoms with Crippen LogP contribution in [0.2, 0.25) is 0 Å². The molecule has 0 aliphatic heterocycles. The molecule has 26 heavy (non-hydrogen) atoms. The predicted molar refractivity (Wildman–Crippen MR) is 101 cm³/mol. The van der Waals surface area contributed by atoms with Crippen LogP contribution in [0.25, 0.3) is 0 Å². The lowest BCUT2D eigenvalue weighted by Gasteiger charge is -2.10. The van der Waals surface area contributed by atoms with Crippen LogP contribution in [0.15, 0.2) is 48.5 Å². The second kappa shape index (κ2) is 9.57. The molecule has 0 bridgehead atoms. The van der Waals surface area contributed by atoms with Gasteiger partial charge in [-0.3, -0.25) is 13.8 Å². The van der Waals surface area contributed by atoms with E-state index in [-0.39, 0.29) is 11.5 Å². The molecule has 0 unspecified atom stereocenters. The molecule has 0 radical (unpaired) electrons. The van der Waals surface area contributed by atoms with E-state index < -0.39 is 22.6 Å². The highest BCUT2D eigenvalue weighted by molar-refractivity contribution is 7.86. The van der Waals surface area contributed by atoms with Gasteiger partial charge in [0.2, 0.25) is 11.8 Å². The summed E-state index contributed by atoms with van der Waals surface area (Å²) in [4.78, 5) is 23.9. The van der Waals surface area contributed by atoms with E-state index in [2.05, 4.69) is 10.6 Å². The lowest BCUT2D eigenvalue weighted by atomic mass is 10.3. The normalized spacial score (nSPS) is 11.3. The molecule has 2 N–H and O–H groups in total. The number of hydrogen-bond donors (Lipinski definition) is 2. The molecule has 0 heterocycles. The summed E-state index contributed by atoms with van der Waals surface area (Å²) in [6.45, 7) is 0. The maximum Gasteiger partial charge on any atom is 0.237 e. The van der Waals surface area contributed by atoms with Gasteiger partial charge in [-0.15, -0.1) is 0 Å². The molecule has 2 amide bonds. The average molecular weight is 376 g/mol. The molecule has 0 fully saturated rings. The SMILES string of the molecule is COc1ccc(NC(=O)C[S@@](=O)CC(=O)Nc2ccccc2OC)cc1. The van der Waals surface area contributed by atoms with Crippen LogP contribution in [0.5, 0.6) is 11.5 Å². The molecule has 0 aliphatic rings. The minimum absolute atomic E-state index is 0.272.